The molecule has 8 nitrogen and oxygen atoms in total. The zero-order chi connectivity index (χ0) is 19.6. The van der Waals surface area contributed by atoms with E-state index >= 15 is 0 Å². The van der Waals surface area contributed by atoms with Crippen LogP contribution in [-0.4, -0.2) is 45.5 Å². The smallest absolute Gasteiger partial charge is 0.225 e. The fourth-order valence-electron chi connectivity index (χ4n) is 3.72. The number of ether oxygens (including phenoxy) is 1. The van der Waals surface area contributed by atoms with Crippen LogP contribution in [0.2, 0.25) is 0 Å². The lowest BCUT2D eigenvalue weighted by molar-refractivity contribution is 0.190. The lowest BCUT2D eigenvalue weighted by atomic mass is 9.99. The third-order valence-electron chi connectivity index (χ3n) is 5.41. The molecule has 1 saturated heterocycles. The Morgan fingerprint density at radius 2 is 2.21 bits per heavy atom. The minimum absolute atomic E-state index is 0.0515. The highest BCUT2D eigenvalue weighted by molar-refractivity contribution is 6.05. The molecule has 29 heavy (non-hydrogen) atoms. The van der Waals surface area contributed by atoms with Crippen LogP contribution >= 0.6 is 0 Å². The number of fused-ring (bicyclic) bond motifs is 1. The molecule has 1 fully saturated rings. The minimum atomic E-state index is 0.0515. The van der Waals surface area contributed by atoms with E-state index in [1.54, 1.807) is 12.5 Å². The van der Waals surface area contributed by atoms with Gasteiger partial charge >= 0.3 is 0 Å². The number of nitrogens with one attached hydrogen (secondary N) is 3. The number of H-pyrrole nitrogens is 1. The monoisotopic (exact) mass is 389 g/mol. The second kappa shape index (κ2) is 7.63. The third-order valence-corrected chi connectivity index (χ3v) is 5.41. The normalized spacial score (nSPS) is 19.8. The van der Waals surface area contributed by atoms with Gasteiger partial charge in [-0.25, -0.2) is 9.97 Å². The first-order chi connectivity index (χ1) is 14.2. The summed E-state index contributed by atoms with van der Waals surface area (Å²) in [5.41, 5.74) is 4.44. The van der Waals surface area contributed by atoms with Crippen molar-refractivity contribution in [1.82, 2.24) is 19.9 Å². The van der Waals surface area contributed by atoms with Crippen LogP contribution in [0.4, 0.5) is 11.8 Å². The summed E-state index contributed by atoms with van der Waals surface area (Å²) in [5.74, 6) is 2.62. The van der Waals surface area contributed by atoms with Crippen LogP contribution in [-0.2, 0) is 4.74 Å². The molecule has 4 heterocycles. The number of hydrogen-bond acceptors (Lipinski definition) is 7. The fraction of sp³-hybridized carbons (Fsp3) is 0.333. The highest BCUT2D eigenvalue weighted by Gasteiger charge is 2.23. The Balaban J connectivity index is 1.26. The van der Waals surface area contributed by atoms with E-state index in [1.165, 1.54) is 5.57 Å². The maximum atomic E-state index is 5.48. The number of aromatic nitrogens is 4. The van der Waals surface area contributed by atoms with Crippen molar-refractivity contribution >= 4 is 28.6 Å². The van der Waals surface area contributed by atoms with Crippen molar-refractivity contribution in [3.63, 3.8) is 0 Å². The first-order valence-electron chi connectivity index (χ1n) is 9.87. The Hall–Kier alpha value is -3.26. The molecule has 1 aromatic carbocycles. The van der Waals surface area contributed by atoms with Crippen LogP contribution in [0.25, 0.3) is 11.0 Å². The lowest BCUT2D eigenvalue weighted by Crippen LogP contribution is -2.13. The van der Waals surface area contributed by atoms with E-state index in [2.05, 4.69) is 60.7 Å². The standard InChI is InChI=1S/C21H23N7O/c1-13(14-2-3-17-18(8-14)25-12-24-17)26-21-22-6-4-19(28-21)27-20-9-16(10-23-20)15-5-7-29-11-15/h2-4,6,8-9,12-13,15H,5,7,10-11H2,1H3,(H,24,25)(H2,22,23,26,27,28)/t13-,15?/m0/s1. The van der Waals surface area contributed by atoms with Crippen LogP contribution in [0.3, 0.4) is 0 Å². The van der Waals surface area contributed by atoms with Gasteiger partial charge in [-0.15, -0.1) is 0 Å². The van der Waals surface area contributed by atoms with Crippen molar-refractivity contribution in [3.05, 3.63) is 54.0 Å². The summed E-state index contributed by atoms with van der Waals surface area (Å²) < 4.78 is 5.48. The van der Waals surface area contributed by atoms with Gasteiger partial charge in [0.2, 0.25) is 5.95 Å². The number of aromatic amines is 1. The van der Waals surface area contributed by atoms with Crippen LogP contribution < -0.4 is 10.6 Å². The topological polar surface area (TPSA) is 100 Å². The number of amidine groups is 1. The summed E-state index contributed by atoms with van der Waals surface area (Å²) in [4.78, 5) is 20.9. The van der Waals surface area contributed by atoms with Gasteiger partial charge in [-0.3, -0.25) is 4.99 Å². The molecule has 148 valence electrons. The molecule has 2 atom stereocenters. The highest BCUT2D eigenvalue weighted by atomic mass is 16.5. The molecule has 3 aromatic rings. The third kappa shape index (κ3) is 3.84. The molecule has 0 saturated carbocycles. The zero-order valence-corrected chi connectivity index (χ0v) is 16.2. The SMILES string of the molecule is C[C@H](Nc1nccc(NC2=NCC(C3CCOC3)=C2)n1)c1ccc2nc[nH]c2c1. The number of benzene rings is 1. The van der Waals surface area contributed by atoms with Crippen molar-refractivity contribution in [2.75, 3.05) is 30.4 Å². The van der Waals surface area contributed by atoms with Crippen molar-refractivity contribution < 1.29 is 4.74 Å². The van der Waals surface area contributed by atoms with Crippen molar-refractivity contribution in [1.29, 1.82) is 0 Å². The summed E-state index contributed by atoms with van der Waals surface area (Å²) in [5, 5.41) is 6.66. The Kier molecular flexibility index (Phi) is 4.69. The predicted molar refractivity (Wildman–Crippen MR) is 113 cm³/mol. The Morgan fingerprint density at radius 3 is 3.10 bits per heavy atom. The summed E-state index contributed by atoms with van der Waals surface area (Å²) in [6.07, 6.45) is 6.65. The molecule has 0 aliphatic carbocycles. The largest absolute Gasteiger partial charge is 0.381 e. The molecule has 1 unspecified atom stereocenters. The average molecular weight is 389 g/mol. The second-order valence-corrected chi connectivity index (χ2v) is 7.42. The summed E-state index contributed by atoms with van der Waals surface area (Å²) in [7, 11) is 0. The van der Waals surface area contributed by atoms with E-state index < -0.39 is 0 Å². The summed E-state index contributed by atoms with van der Waals surface area (Å²) in [6.45, 7) is 4.47. The van der Waals surface area contributed by atoms with Crippen LogP contribution in [0.15, 0.2) is 53.4 Å². The highest BCUT2D eigenvalue weighted by Crippen LogP contribution is 2.25. The maximum Gasteiger partial charge on any atom is 0.225 e. The number of aliphatic imine (C=N–C) groups is 1. The minimum Gasteiger partial charge on any atom is -0.381 e. The zero-order valence-electron chi connectivity index (χ0n) is 16.2. The lowest BCUT2D eigenvalue weighted by Gasteiger charge is -2.15. The van der Waals surface area contributed by atoms with Gasteiger partial charge in [-0.1, -0.05) is 6.07 Å². The van der Waals surface area contributed by atoms with Crippen molar-refractivity contribution in [3.8, 4) is 0 Å². The Morgan fingerprint density at radius 1 is 1.24 bits per heavy atom. The van der Waals surface area contributed by atoms with Gasteiger partial charge in [0.25, 0.3) is 0 Å². The summed E-state index contributed by atoms with van der Waals surface area (Å²) in [6, 6.07) is 8.06. The molecule has 0 spiro atoms. The average Bonchev–Trinajstić information content (AvgIpc) is 3.48. The quantitative estimate of drug-likeness (QED) is 0.619. The molecule has 3 N–H and O–H groups in total. The Bertz CT molecular complexity index is 1080. The van der Waals surface area contributed by atoms with E-state index in [0.29, 0.717) is 11.9 Å². The summed E-state index contributed by atoms with van der Waals surface area (Å²) >= 11 is 0. The van der Waals surface area contributed by atoms with Gasteiger partial charge in [-0.2, -0.15) is 4.98 Å². The molecule has 0 bridgehead atoms. The second-order valence-electron chi connectivity index (χ2n) is 7.42. The molecule has 2 aliphatic heterocycles. The molecule has 8 heteroatoms. The number of rotatable bonds is 5. The molecule has 0 amide bonds. The van der Waals surface area contributed by atoms with Gasteiger partial charge in [0.05, 0.1) is 36.6 Å². The molecule has 0 radical (unpaired) electrons. The Labute approximate surface area is 168 Å². The molecular formula is C21H23N7O. The van der Waals surface area contributed by atoms with Crippen LogP contribution in [0.1, 0.15) is 24.9 Å². The molecule has 2 aliphatic rings. The predicted octanol–water partition coefficient (Wildman–Crippen LogP) is 3.31. The van der Waals surface area contributed by atoms with Gasteiger partial charge < -0.3 is 20.4 Å². The number of anilines is 2. The van der Waals surface area contributed by atoms with Crippen LogP contribution in [0, 0.1) is 5.92 Å². The number of hydrogen-bond donors (Lipinski definition) is 3. The maximum absolute atomic E-state index is 5.48. The van der Waals surface area contributed by atoms with E-state index in [9.17, 15) is 0 Å². The molecule has 2 aromatic heterocycles. The number of imidazole rings is 1. The van der Waals surface area contributed by atoms with E-state index in [1.807, 2.05) is 12.1 Å². The first-order valence-corrected chi connectivity index (χ1v) is 9.87. The van der Waals surface area contributed by atoms with E-state index in [4.69, 9.17) is 4.74 Å². The molecular weight excluding hydrogens is 366 g/mol. The number of nitrogens with zero attached hydrogens (tertiary/aromatic N) is 4. The first kappa shape index (κ1) is 17.8. The van der Waals surface area contributed by atoms with E-state index in [0.717, 1.165) is 54.4 Å². The van der Waals surface area contributed by atoms with Crippen LogP contribution in [0.5, 0.6) is 0 Å². The van der Waals surface area contributed by atoms with E-state index in [-0.39, 0.29) is 6.04 Å². The van der Waals surface area contributed by atoms with Gasteiger partial charge in [-0.05, 0) is 48.8 Å². The fourth-order valence-corrected chi connectivity index (χ4v) is 3.72. The van der Waals surface area contributed by atoms with Gasteiger partial charge in [0, 0.05) is 18.7 Å². The molecule has 5 rings (SSSR count). The van der Waals surface area contributed by atoms with Crippen molar-refractivity contribution in [2.45, 2.75) is 19.4 Å². The van der Waals surface area contributed by atoms with Gasteiger partial charge in [0.1, 0.15) is 11.7 Å². The van der Waals surface area contributed by atoms with Gasteiger partial charge in [0.15, 0.2) is 0 Å². The van der Waals surface area contributed by atoms with Crippen molar-refractivity contribution in [2.24, 2.45) is 10.9 Å².